The normalized spacial score (nSPS) is 21.0. The number of benzene rings is 2. The van der Waals surface area contributed by atoms with Gasteiger partial charge in [-0.15, -0.1) is 0 Å². The number of nitrogens with zero attached hydrogens (tertiary/aromatic N) is 1. The van der Waals surface area contributed by atoms with E-state index >= 15 is 0 Å². The standard InChI is InChI=1S/C18H19NO4S/c1-2-23-18(20)17-13-16(14-9-5-3-6-10-14)19(17)24(21,22)15-11-7-4-8-12-15/h3-12,16-17H,2,13H2,1H3/t16-,17+/m0/s1. The average molecular weight is 345 g/mol. The molecule has 24 heavy (non-hydrogen) atoms. The third-order valence-electron chi connectivity index (χ3n) is 4.12. The monoisotopic (exact) mass is 345 g/mol. The summed E-state index contributed by atoms with van der Waals surface area (Å²) in [5, 5.41) is 0. The molecule has 0 bridgehead atoms. The molecule has 0 radical (unpaired) electrons. The van der Waals surface area contributed by atoms with Crippen LogP contribution in [0.4, 0.5) is 0 Å². The minimum Gasteiger partial charge on any atom is -0.465 e. The minimum absolute atomic E-state index is 0.180. The zero-order valence-electron chi connectivity index (χ0n) is 13.3. The van der Waals surface area contributed by atoms with E-state index in [9.17, 15) is 13.2 Å². The van der Waals surface area contributed by atoms with Crippen molar-refractivity contribution in [3.05, 3.63) is 66.2 Å². The summed E-state index contributed by atoms with van der Waals surface area (Å²) in [4.78, 5) is 12.3. The third-order valence-corrected chi connectivity index (χ3v) is 6.05. The summed E-state index contributed by atoms with van der Waals surface area (Å²) < 4.78 is 32.4. The van der Waals surface area contributed by atoms with E-state index in [-0.39, 0.29) is 17.5 Å². The Labute approximate surface area is 141 Å². The third kappa shape index (κ3) is 2.95. The van der Waals surface area contributed by atoms with E-state index in [0.29, 0.717) is 6.42 Å². The van der Waals surface area contributed by atoms with Gasteiger partial charge in [-0.3, -0.25) is 4.79 Å². The molecule has 126 valence electrons. The maximum atomic E-state index is 13.0. The van der Waals surface area contributed by atoms with Gasteiger partial charge in [-0.1, -0.05) is 48.5 Å². The van der Waals surface area contributed by atoms with Crippen LogP contribution in [-0.4, -0.2) is 31.3 Å². The summed E-state index contributed by atoms with van der Waals surface area (Å²) in [6.07, 6.45) is 0.426. The van der Waals surface area contributed by atoms with E-state index in [1.165, 1.54) is 16.4 Å². The van der Waals surface area contributed by atoms with Crippen LogP contribution >= 0.6 is 0 Å². The first kappa shape index (κ1) is 16.7. The lowest BCUT2D eigenvalue weighted by atomic mass is 9.91. The molecular formula is C18H19NO4S. The second kappa shape index (κ2) is 6.75. The van der Waals surface area contributed by atoms with Gasteiger partial charge in [0.15, 0.2) is 0 Å². The fraction of sp³-hybridized carbons (Fsp3) is 0.278. The van der Waals surface area contributed by atoms with Crippen molar-refractivity contribution in [1.29, 1.82) is 0 Å². The van der Waals surface area contributed by atoms with Crippen LogP contribution in [0, 0.1) is 0 Å². The fourth-order valence-electron chi connectivity index (χ4n) is 2.94. The predicted molar refractivity (Wildman–Crippen MR) is 89.7 cm³/mol. The lowest BCUT2D eigenvalue weighted by molar-refractivity contribution is -0.153. The number of rotatable bonds is 5. The second-order valence-electron chi connectivity index (χ2n) is 5.58. The molecule has 0 spiro atoms. The van der Waals surface area contributed by atoms with Gasteiger partial charge < -0.3 is 4.74 Å². The zero-order chi connectivity index (χ0) is 17.2. The van der Waals surface area contributed by atoms with Crippen molar-refractivity contribution in [2.24, 2.45) is 0 Å². The zero-order valence-corrected chi connectivity index (χ0v) is 14.1. The molecule has 6 heteroatoms. The number of carbonyl (C=O) groups is 1. The van der Waals surface area contributed by atoms with E-state index in [4.69, 9.17) is 4.74 Å². The van der Waals surface area contributed by atoms with Gasteiger partial charge in [0.1, 0.15) is 6.04 Å². The van der Waals surface area contributed by atoms with Gasteiger partial charge in [0.25, 0.3) is 0 Å². The molecule has 0 N–H and O–H groups in total. The molecule has 0 unspecified atom stereocenters. The van der Waals surface area contributed by atoms with Gasteiger partial charge in [-0.25, -0.2) is 8.42 Å². The quantitative estimate of drug-likeness (QED) is 0.782. The summed E-state index contributed by atoms with van der Waals surface area (Å²) in [6, 6.07) is 16.4. The molecule has 0 saturated carbocycles. The smallest absolute Gasteiger partial charge is 0.324 e. The molecule has 2 aromatic rings. The van der Waals surface area contributed by atoms with Crippen molar-refractivity contribution < 1.29 is 17.9 Å². The number of esters is 1. The molecule has 2 aromatic carbocycles. The Hall–Kier alpha value is -2.18. The van der Waals surface area contributed by atoms with Crippen molar-refractivity contribution >= 4 is 16.0 Å². The number of sulfonamides is 1. The van der Waals surface area contributed by atoms with Crippen LogP contribution in [0.25, 0.3) is 0 Å². The summed E-state index contributed by atoms with van der Waals surface area (Å²) >= 11 is 0. The van der Waals surface area contributed by atoms with Crippen molar-refractivity contribution in [3.8, 4) is 0 Å². The summed E-state index contributed by atoms with van der Waals surface area (Å²) in [5.41, 5.74) is 0.873. The highest BCUT2D eigenvalue weighted by molar-refractivity contribution is 7.89. The van der Waals surface area contributed by atoms with Crippen molar-refractivity contribution in [2.75, 3.05) is 6.61 Å². The molecule has 2 atom stereocenters. The Morgan fingerprint density at radius 2 is 1.67 bits per heavy atom. The van der Waals surface area contributed by atoms with Gasteiger partial charge in [-0.05, 0) is 31.0 Å². The molecule has 0 aromatic heterocycles. The number of hydrogen-bond acceptors (Lipinski definition) is 4. The molecule has 5 nitrogen and oxygen atoms in total. The highest BCUT2D eigenvalue weighted by atomic mass is 32.2. The highest BCUT2D eigenvalue weighted by Gasteiger charge is 2.51. The maximum Gasteiger partial charge on any atom is 0.324 e. The first-order valence-electron chi connectivity index (χ1n) is 7.86. The molecule has 3 rings (SSSR count). The van der Waals surface area contributed by atoms with Crippen LogP contribution < -0.4 is 0 Å². The van der Waals surface area contributed by atoms with Crippen LogP contribution in [0.15, 0.2) is 65.6 Å². The van der Waals surface area contributed by atoms with Crippen LogP contribution in [0.3, 0.4) is 0 Å². The number of hydrogen-bond donors (Lipinski definition) is 0. The maximum absolute atomic E-state index is 13.0. The van der Waals surface area contributed by atoms with Crippen molar-refractivity contribution in [3.63, 3.8) is 0 Å². The first-order valence-corrected chi connectivity index (χ1v) is 9.30. The van der Waals surface area contributed by atoms with Gasteiger partial charge >= 0.3 is 5.97 Å². The minimum atomic E-state index is -3.78. The number of carbonyl (C=O) groups excluding carboxylic acids is 1. The van der Waals surface area contributed by atoms with E-state index in [1.807, 2.05) is 30.3 Å². The summed E-state index contributed by atoms with van der Waals surface area (Å²) in [6.45, 7) is 1.94. The SMILES string of the molecule is CCOC(=O)[C@H]1C[C@@H](c2ccccc2)N1S(=O)(=O)c1ccccc1. The molecule has 1 aliphatic rings. The Morgan fingerprint density at radius 3 is 2.25 bits per heavy atom. The lowest BCUT2D eigenvalue weighted by Crippen LogP contribution is -2.57. The molecule has 0 amide bonds. The van der Waals surface area contributed by atoms with Gasteiger partial charge in [0, 0.05) is 0 Å². The van der Waals surface area contributed by atoms with Crippen LogP contribution in [-0.2, 0) is 19.6 Å². The molecule has 1 aliphatic heterocycles. The van der Waals surface area contributed by atoms with E-state index < -0.39 is 22.0 Å². The van der Waals surface area contributed by atoms with Crippen molar-refractivity contribution in [1.82, 2.24) is 4.31 Å². The Kier molecular flexibility index (Phi) is 4.69. The second-order valence-corrected chi connectivity index (χ2v) is 7.42. The van der Waals surface area contributed by atoms with Crippen LogP contribution in [0.2, 0.25) is 0 Å². The van der Waals surface area contributed by atoms with Crippen LogP contribution in [0.5, 0.6) is 0 Å². The van der Waals surface area contributed by atoms with Gasteiger partial charge in [0.2, 0.25) is 10.0 Å². The molecule has 0 aliphatic carbocycles. The molecule has 1 saturated heterocycles. The summed E-state index contributed by atoms with van der Waals surface area (Å²) in [5.74, 6) is -0.496. The van der Waals surface area contributed by atoms with E-state index in [0.717, 1.165) is 5.56 Å². The van der Waals surface area contributed by atoms with Gasteiger partial charge in [0.05, 0.1) is 17.5 Å². The Balaban J connectivity index is 1.98. The topological polar surface area (TPSA) is 63.7 Å². The Morgan fingerprint density at radius 1 is 1.08 bits per heavy atom. The van der Waals surface area contributed by atoms with E-state index in [1.54, 1.807) is 25.1 Å². The highest BCUT2D eigenvalue weighted by Crippen LogP contribution is 2.43. The average Bonchev–Trinajstić information content (AvgIpc) is 2.56. The van der Waals surface area contributed by atoms with Crippen molar-refractivity contribution in [2.45, 2.75) is 30.3 Å². The largest absolute Gasteiger partial charge is 0.465 e. The van der Waals surface area contributed by atoms with E-state index in [2.05, 4.69) is 0 Å². The Bertz CT molecular complexity index is 805. The molecule has 1 heterocycles. The van der Waals surface area contributed by atoms with Gasteiger partial charge in [-0.2, -0.15) is 4.31 Å². The predicted octanol–water partition coefficient (Wildman–Crippen LogP) is 2.75. The van der Waals surface area contributed by atoms with Crippen LogP contribution in [0.1, 0.15) is 24.9 Å². The molecule has 1 fully saturated rings. The fourth-order valence-corrected chi connectivity index (χ4v) is 4.74. The lowest BCUT2D eigenvalue weighted by Gasteiger charge is -2.45. The molecular weight excluding hydrogens is 326 g/mol. The summed E-state index contributed by atoms with van der Waals surface area (Å²) in [7, 11) is -3.78. The first-order chi connectivity index (χ1) is 11.6. The number of ether oxygens (including phenoxy) is 1.